The number of carboxylic acid groups (broad SMARTS) is 1. The van der Waals surface area contributed by atoms with Crippen molar-refractivity contribution < 1.29 is 14.7 Å². The summed E-state index contributed by atoms with van der Waals surface area (Å²) in [6, 6.07) is 0. The van der Waals surface area contributed by atoms with Crippen LogP contribution in [0.25, 0.3) is 10.2 Å². The molecule has 0 fully saturated rings. The predicted octanol–water partition coefficient (Wildman–Crippen LogP) is 1.16. The van der Waals surface area contributed by atoms with Gasteiger partial charge in [-0.2, -0.15) is 0 Å². The van der Waals surface area contributed by atoms with E-state index in [0.717, 1.165) is 0 Å². The Kier molecular flexibility index (Phi) is 3.77. The molecule has 3 heterocycles. The molecule has 8 heteroatoms. The molecular formula is C15H15N3O4S. The van der Waals surface area contributed by atoms with Crippen LogP contribution in [0.2, 0.25) is 0 Å². The lowest BCUT2D eigenvalue weighted by Crippen LogP contribution is -2.37. The highest BCUT2D eigenvalue weighted by molar-refractivity contribution is 7.20. The van der Waals surface area contributed by atoms with Gasteiger partial charge in [-0.1, -0.05) is 6.08 Å². The number of carbonyl (C=O) groups is 2. The SMILES string of the molecule is Cc1c(C(=O)N2CCC=C(C(=O)O)C2)sc2ncn(C)c(=O)c12. The van der Waals surface area contributed by atoms with Crippen molar-refractivity contribution >= 4 is 33.4 Å². The normalized spacial score (nSPS) is 14.9. The number of hydrogen-bond acceptors (Lipinski definition) is 5. The topological polar surface area (TPSA) is 92.5 Å². The zero-order chi connectivity index (χ0) is 16.7. The van der Waals surface area contributed by atoms with Crippen LogP contribution in [0, 0.1) is 6.92 Å². The number of aromatic nitrogens is 2. The fourth-order valence-electron chi connectivity index (χ4n) is 2.63. The second-order valence-electron chi connectivity index (χ2n) is 5.45. The molecule has 2 aromatic rings. The van der Waals surface area contributed by atoms with Gasteiger partial charge in [-0.15, -0.1) is 11.3 Å². The first-order chi connectivity index (χ1) is 10.9. The van der Waals surface area contributed by atoms with Gasteiger partial charge in [-0.3, -0.25) is 9.59 Å². The van der Waals surface area contributed by atoms with Crippen LogP contribution in [0.15, 0.2) is 22.8 Å². The van der Waals surface area contributed by atoms with Gasteiger partial charge in [-0.05, 0) is 18.9 Å². The maximum absolute atomic E-state index is 12.7. The standard InChI is InChI=1S/C15H15N3O4S/c1-8-10-12(16-7-17(2)13(10)19)23-11(8)14(20)18-5-3-4-9(6-18)15(21)22/h4,7H,3,5-6H2,1-2H3,(H,21,22). The van der Waals surface area contributed by atoms with Crippen LogP contribution < -0.4 is 5.56 Å². The van der Waals surface area contributed by atoms with E-state index in [4.69, 9.17) is 5.11 Å². The monoisotopic (exact) mass is 333 g/mol. The Balaban J connectivity index is 2.01. The van der Waals surface area contributed by atoms with Crippen molar-refractivity contribution in [2.24, 2.45) is 7.05 Å². The first-order valence-corrected chi connectivity index (χ1v) is 7.88. The number of amides is 1. The van der Waals surface area contributed by atoms with Crippen LogP contribution in [0.5, 0.6) is 0 Å². The van der Waals surface area contributed by atoms with Crippen molar-refractivity contribution in [1.29, 1.82) is 0 Å². The molecule has 0 saturated heterocycles. The largest absolute Gasteiger partial charge is 0.478 e. The lowest BCUT2D eigenvalue weighted by Gasteiger charge is -2.25. The van der Waals surface area contributed by atoms with Gasteiger partial charge >= 0.3 is 5.97 Å². The Morgan fingerprint density at radius 1 is 1.39 bits per heavy atom. The van der Waals surface area contributed by atoms with Gasteiger partial charge in [0, 0.05) is 13.6 Å². The number of thiophene rings is 1. The molecule has 1 aliphatic heterocycles. The third-order valence-corrected chi connectivity index (χ3v) is 5.11. The van der Waals surface area contributed by atoms with Gasteiger partial charge in [0.2, 0.25) is 0 Å². The summed E-state index contributed by atoms with van der Waals surface area (Å²) in [4.78, 5) is 42.7. The summed E-state index contributed by atoms with van der Waals surface area (Å²) in [5, 5.41) is 9.54. The van der Waals surface area contributed by atoms with Crippen LogP contribution in [0.1, 0.15) is 21.7 Å². The summed E-state index contributed by atoms with van der Waals surface area (Å²) in [6.45, 7) is 2.27. The second-order valence-corrected chi connectivity index (χ2v) is 6.45. The van der Waals surface area contributed by atoms with Crippen molar-refractivity contribution in [3.8, 4) is 0 Å². The highest BCUT2D eigenvalue weighted by Gasteiger charge is 2.26. The highest BCUT2D eigenvalue weighted by atomic mass is 32.1. The molecule has 0 spiro atoms. The first kappa shape index (κ1) is 15.4. The second kappa shape index (κ2) is 5.62. The molecule has 2 aromatic heterocycles. The van der Waals surface area contributed by atoms with E-state index >= 15 is 0 Å². The van der Waals surface area contributed by atoms with Gasteiger partial charge in [-0.25, -0.2) is 9.78 Å². The Hall–Kier alpha value is -2.48. The van der Waals surface area contributed by atoms with E-state index < -0.39 is 5.97 Å². The quantitative estimate of drug-likeness (QED) is 0.890. The van der Waals surface area contributed by atoms with Gasteiger partial charge in [0.25, 0.3) is 11.5 Å². The molecule has 23 heavy (non-hydrogen) atoms. The van der Waals surface area contributed by atoms with E-state index in [9.17, 15) is 14.4 Å². The molecule has 0 radical (unpaired) electrons. The van der Waals surface area contributed by atoms with E-state index in [-0.39, 0.29) is 23.6 Å². The molecule has 0 atom stereocenters. The number of aliphatic carboxylic acids is 1. The summed E-state index contributed by atoms with van der Waals surface area (Å²) in [6.07, 6.45) is 3.58. The van der Waals surface area contributed by atoms with Gasteiger partial charge < -0.3 is 14.6 Å². The van der Waals surface area contributed by atoms with Crippen LogP contribution in [0.3, 0.4) is 0 Å². The van der Waals surface area contributed by atoms with E-state index in [1.54, 1.807) is 20.0 Å². The Labute approximate surface area is 135 Å². The number of fused-ring (bicyclic) bond motifs is 1. The van der Waals surface area contributed by atoms with Crippen molar-refractivity contribution in [3.05, 3.63) is 38.8 Å². The van der Waals surface area contributed by atoms with Crippen molar-refractivity contribution in [2.45, 2.75) is 13.3 Å². The maximum Gasteiger partial charge on any atom is 0.333 e. The zero-order valence-corrected chi connectivity index (χ0v) is 13.5. The average molecular weight is 333 g/mol. The number of hydrogen-bond donors (Lipinski definition) is 1. The van der Waals surface area contributed by atoms with Crippen molar-refractivity contribution in [3.63, 3.8) is 0 Å². The summed E-state index contributed by atoms with van der Waals surface area (Å²) in [7, 11) is 1.61. The first-order valence-electron chi connectivity index (χ1n) is 7.06. The van der Waals surface area contributed by atoms with Crippen LogP contribution >= 0.6 is 11.3 Å². The summed E-state index contributed by atoms with van der Waals surface area (Å²) >= 11 is 1.18. The van der Waals surface area contributed by atoms with Crippen LogP contribution in [-0.4, -0.2) is 44.5 Å². The lowest BCUT2D eigenvalue weighted by molar-refractivity contribution is -0.132. The van der Waals surface area contributed by atoms with Gasteiger partial charge in [0.05, 0.1) is 28.7 Å². The summed E-state index contributed by atoms with van der Waals surface area (Å²) in [5.41, 5.74) is 0.639. The van der Waals surface area contributed by atoms with Crippen LogP contribution in [0.4, 0.5) is 0 Å². The Morgan fingerprint density at radius 2 is 2.13 bits per heavy atom. The third-order valence-electron chi connectivity index (χ3n) is 3.92. The van der Waals surface area contributed by atoms with E-state index in [0.29, 0.717) is 33.6 Å². The fraction of sp³-hybridized carbons (Fsp3) is 0.333. The molecule has 1 amide bonds. The Morgan fingerprint density at radius 3 is 2.83 bits per heavy atom. The molecular weight excluding hydrogens is 318 g/mol. The van der Waals surface area contributed by atoms with Gasteiger partial charge in [0.1, 0.15) is 4.83 Å². The predicted molar refractivity (Wildman–Crippen MR) is 85.8 cm³/mol. The summed E-state index contributed by atoms with van der Waals surface area (Å²) in [5.74, 6) is -1.26. The molecule has 1 N–H and O–H groups in total. The van der Waals surface area contributed by atoms with E-state index in [1.807, 2.05) is 0 Å². The number of aryl methyl sites for hydroxylation is 2. The fourth-order valence-corrected chi connectivity index (χ4v) is 3.74. The molecule has 0 bridgehead atoms. The molecule has 0 saturated carbocycles. The minimum absolute atomic E-state index is 0.0767. The molecule has 0 unspecified atom stereocenters. The number of rotatable bonds is 2. The maximum atomic E-state index is 12.7. The van der Waals surface area contributed by atoms with E-state index in [2.05, 4.69) is 4.98 Å². The minimum Gasteiger partial charge on any atom is -0.478 e. The molecule has 3 rings (SSSR count). The van der Waals surface area contributed by atoms with Crippen LogP contribution in [-0.2, 0) is 11.8 Å². The number of carboxylic acids is 1. The zero-order valence-electron chi connectivity index (χ0n) is 12.7. The third kappa shape index (κ3) is 2.55. The Bertz CT molecular complexity index is 909. The highest BCUT2D eigenvalue weighted by Crippen LogP contribution is 2.28. The van der Waals surface area contributed by atoms with Gasteiger partial charge in [0.15, 0.2) is 0 Å². The molecule has 0 aliphatic carbocycles. The van der Waals surface area contributed by atoms with Crippen molar-refractivity contribution in [1.82, 2.24) is 14.5 Å². The molecule has 0 aromatic carbocycles. The molecule has 1 aliphatic rings. The van der Waals surface area contributed by atoms with E-state index in [1.165, 1.54) is 27.1 Å². The number of nitrogens with zero attached hydrogens (tertiary/aromatic N) is 3. The lowest BCUT2D eigenvalue weighted by atomic mass is 10.1. The summed E-state index contributed by atoms with van der Waals surface area (Å²) < 4.78 is 1.38. The molecule has 120 valence electrons. The smallest absolute Gasteiger partial charge is 0.333 e. The average Bonchev–Trinajstić information content (AvgIpc) is 2.88. The minimum atomic E-state index is -1.01. The number of carbonyl (C=O) groups excluding carboxylic acids is 1. The van der Waals surface area contributed by atoms with Crippen molar-refractivity contribution in [2.75, 3.05) is 13.1 Å². The molecule has 7 nitrogen and oxygen atoms in total.